The van der Waals surface area contributed by atoms with E-state index in [1.807, 2.05) is 0 Å². The zero-order valence-corrected chi connectivity index (χ0v) is 13.0. The number of benzene rings is 1. The van der Waals surface area contributed by atoms with Crippen LogP contribution in [0.3, 0.4) is 0 Å². The molecule has 0 spiro atoms. The van der Waals surface area contributed by atoms with Crippen LogP contribution in [0.2, 0.25) is 5.02 Å². The number of aryl methyl sites for hydroxylation is 2. The van der Waals surface area contributed by atoms with Gasteiger partial charge in [0.1, 0.15) is 5.75 Å². The van der Waals surface area contributed by atoms with Crippen molar-refractivity contribution in [3.63, 3.8) is 0 Å². The molecule has 5 nitrogen and oxygen atoms in total. The predicted molar refractivity (Wildman–Crippen MR) is 79.6 cm³/mol. The average Bonchev–Trinajstić information content (AvgIpc) is 2.36. The number of halogens is 2. The second-order valence-corrected chi connectivity index (χ2v) is 5.49. The molecule has 0 N–H and O–H groups in total. The van der Waals surface area contributed by atoms with Gasteiger partial charge in [0, 0.05) is 17.8 Å². The van der Waals surface area contributed by atoms with Crippen molar-refractivity contribution in [1.82, 2.24) is 4.98 Å². The van der Waals surface area contributed by atoms with Crippen LogP contribution < -0.4 is 4.74 Å². The molecule has 0 unspecified atom stereocenters. The Labute approximate surface area is 128 Å². The van der Waals surface area contributed by atoms with Crippen LogP contribution in [0.5, 0.6) is 11.6 Å². The molecular formula is C13H10BrClN2O3. The molecule has 7 heteroatoms. The van der Waals surface area contributed by atoms with Crippen LogP contribution >= 0.6 is 27.5 Å². The number of rotatable bonds is 3. The van der Waals surface area contributed by atoms with Gasteiger partial charge < -0.3 is 4.74 Å². The molecule has 2 rings (SSSR count). The van der Waals surface area contributed by atoms with Crippen molar-refractivity contribution in [1.29, 1.82) is 0 Å². The number of hydrogen-bond donors (Lipinski definition) is 0. The van der Waals surface area contributed by atoms with Crippen LogP contribution in [0.15, 0.2) is 28.9 Å². The first-order valence-corrected chi connectivity index (χ1v) is 6.80. The second-order valence-electron chi connectivity index (χ2n) is 4.20. The smallest absolute Gasteiger partial charge is 0.272 e. The fourth-order valence-electron chi connectivity index (χ4n) is 1.66. The third-order valence-electron chi connectivity index (χ3n) is 2.67. The molecule has 1 heterocycles. The largest absolute Gasteiger partial charge is 0.438 e. The molecule has 0 aliphatic carbocycles. The highest BCUT2D eigenvalue weighted by Gasteiger charge is 2.15. The molecule has 0 aliphatic rings. The molecule has 0 aliphatic heterocycles. The summed E-state index contributed by atoms with van der Waals surface area (Å²) < 4.78 is 6.28. The van der Waals surface area contributed by atoms with E-state index in [0.29, 0.717) is 32.3 Å². The Kier molecular flexibility index (Phi) is 4.25. The summed E-state index contributed by atoms with van der Waals surface area (Å²) in [5.74, 6) is 0.870. The molecule has 0 radical (unpaired) electrons. The fraction of sp³-hybridized carbons (Fsp3) is 0.154. The van der Waals surface area contributed by atoms with E-state index in [-0.39, 0.29) is 5.69 Å². The molecule has 0 saturated heterocycles. The molecule has 0 amide bonds. The fourth-order valence-corrected chi connectivity index (χ4v) is 2.38. The molecule has 0 fully saturated rings. The van der Waals surface area contributed by atoms with Crippen LogP contribution in [-0.2, 0) is 0 Å². The van der Waals surface area contributed by atoms with E-state index in [4.69, 9.17) is 16.3 Å². The molecule has 20 heavy (non-hydrogen) atoms. The minimum atomic E-state index is -0.414. The molecule has 0 bridgehead atoms. The third kappa shape index (κ3) is 3.08. The highest BCUT2D eigenvalue weighted by atomic mass is 79.9. The number of nitro groups is 1. The number of hydrogen-bond acceptors (Lipinski definition) is 4. The Morgan fingerprint density at radius 2 is 2.00 bits per heavy atom. The van der Waals surface area contributed by atoms with Gasteiger partial charge in [-0.3, -0.25) is 10.1 Å². The van der Waals surface area contributed by atoms with E-state index < -0.39 is 4.92 Å². The van der Waals surface area contributed by atoms with Gasteiger partial charge in [-0.05, 0) is 47.5 Å². The lowest BCUT2D eigenvalue weighted by Crippen LogP contribution is -1.96. The minimum absolute atomic E-state index is 0.0676. The summed E-state index contributed by atoms with van der Waals surface area (Å²) in [5.41, 5.74) is 1.25. The van der Waals surface area contributed by atoms with Crippen molar-refractivity contribution < 1.29 is 9.66 Å². The molecule has 1 aromatic carbocycles. The molecule has 2 aromatic rings. The summed E-state index contributed by atoms with van der Waals surface area (Å²) in [6.07, 6.45) is 1.47. The van der Waals surface area contributed by atoms with Gasteiger partial charge in [0.25, 0.3) is 5.69 Å². The van der Waals surface area contributed by atoms with Gasteiger partial charge in [-0.25, -0.2) is 4.98 Å². The SMILES string of the molecule is Cc1cc([N+](=O)[O-])c(C)cc1Oc1ncc(Cl)cc1Br. The van der Waals surface area contributed by atoms with Gasteiger partial charge >= 0.3 is 0 Å². The maximum Gasteiger partial charge on any atom is 0.272 e. The van der Waals surface area contributed by atoms with E-state index in [2.05, 4.69) is 20.9 Å². The van der Waals surface area contributed by atoms with E-state index in [1.54, 1.807) is 26.0 Å². The van der Waals surface area contributed by atoms with Crippen molar-refractivity contribution in [2.75, 3.05) is 0 Å². The summed E-state index contributed by atoms with van der Waals surface area (Å²) in [4.78, 5) is 14.5. The first-order valence-electron chi connectivity index (χ1n) is 5.63. The lowest BCUT2D eigenvalue weighted by molar-refractivity contribution is -0.385. The minimum Gasteiger partial charge on any atom is -0.438 e. The van der Waals surface area contributed by atoms with E-state index >= 15 is 0 Å². The first kappa shape index (κ1) is 14.7. The monoisotopic (exact) mass is 356 g/mol. The Balaban J connectivity index is 2.39. The van der Waals surface area contributed by atoms with Crippen molar-refractivity contribution in [2.24, 2.45) is 0 Å². The quantitative estimate of drug-likeness (QED) is 0.584. The Morgan fingerprint density at radius 1 is 1.30 bits per heavy atom. The molecule has 104 valence electrons. The van der Waals surface area contributed by atoms with Crippen LogP contribution in [0.25, 0.3) is 0 Å². The van der Waals surface area contributed by atoms with Gasteiger partial charge in [-0.15, -0.1) is 0 Å². The van der Waals surface area contributed by atoms with Crippen molar-refractivity contribution in [3.8, 4) is 11.6 Å². The van der Waals surface area contributed by atoms with Crippen LogP contribution in [0, 0.1) is 24.0 Å². The van der Waals surface area contributed by atoms with Gasteiger partial charge in [-0.2, -0.15) is 0 Å². The van der Waals surface area contributed by atoms with Gasteiger partial charge in [0.15, 0.2) is 0 Å². The number of ether oxygens (including phenoxy) is 1. The molecular weight excluding hydrogens is 348 g/mol. The summed E-state index contributed by atoms with van der Waals surface area (Å²) in [5, 5.41) is 11.4. The van der Waals surface area contributed by atoms with Crippen molar-refractivity contribution in [3.05, 3.63) is 55.1 Å². The number of nitrogens with zero attached hydrogens (tertiary/aromatic N) is 2. The number of nitro benzene ring substituents is 1. The zero-order valence-electron chi connectivity index (χ0n) is 10.7. The Hall–Kier alpha value is -1.66. The van der Waals surface area contributed by atoms with Crippen LogP contribution in [0.4, 0.5) is 5.69 Å². The topological polar surface area (TPSA) is 65.3 Å². The first-order chi connectivity index (χ1) is 9.38. The van der Waals surface area contributed by atoms with Crippen molar-refractivity contribution in [2.45, 2.75) is 13.8 Å². The van der Waals surface area contributed by atoms with Crippen LogP contribution in [-0.4, -0.2) is 9.91 Å². The zero-order chi connectivity index (χ0) is 14.9. The lowest BCUT2D eigenvalue weighted by atomic mass is 10.1. The van der Waals surface area contributed by atoms with Gasteiger partial charge in [0.05, 0.1) is 14.4 Å². The van der Waals surface area contributed by atoms with E-state index in [1.165, 1.54) is 12.3 Å². The number of pyridine rings is 1. The summed E-state index contributed by atoms with van der Waals surface area (Å²) in [7, 11) is 0. The van der Waals surface area contributed by atoms with Gasteiger partial charge in [0.2, 0.25) is 5.88 Å². The normalized spacial score (nSPS) is 10.4. The van der Waals surface area contributed by atoms with Crippen molar-refractivity contribution >= 4 is 33.2 Å². The number of aromatic nitrogens is 1. The van der Waals surface area contributed by atoms with E-state index in [0.717, 1.165) is 0 Å². The standard InChI is InChI=1S/C13H10BrClN2O3/c1-7-4-12(8(2)3-11(7)17(18)19)20-13-10(14)5-9(15)6-16-13/h3-6H,1-2H3. The molecule has 0 atom stereocenters. The van der Waals surface area contributed by atoms with Gasteiger partial charge in [-0.1, -0.05) is 11.6 Å². The highest BCUT2D eigenvalue weighted by molar-refractivity contribution is 9.10. The maximum atomic E-state index is 10.9. The lowest BCUT2D eigenvalue weighted by Gasteiger charge is -2.10. The molecule has 1 aromatic heterocycles. The summed E-state index contributed by atoms with van der Waals surface area (Å²) in [6.45, 7) is 3.40. The predicted octanol–water partition coefficient (Wildman–Crippen LogP) is 4.81. The Bertz CT molecular complexity index is 692. The van der Waals surface area contributed by atoms with Crippen LogP contribution in [0.1, 0.15) is 11.1 Å². The summed E-state index contributed by atoms with van der Waals surface area (Å²) >= 11 is 9.11. The molecule has 0 saturated carbocycles. The maximum absolute atomic E-state index is 10.9. The average molecular weight is 358 g/mol. The highest BCUT2D eigenvalue weighted by Crippen LogP contribution is 2.34. The third-order valence-corrected chi connectivity index (χ3v) is 3.45. The second kappa shape index (κ2) is 5.76. The van der Waals surface area contributed by atoms with E-state index in [9.17, 15) is 10.1 Å². The Morgan fingerprint density at radius 3 is 2.60 bits per heavy atom. The summed E-state index contributed by atoms with van der Waals surface area (Å²) in [6, 6.07) is 4.77.